The third kappa shape index (κ3) is 3.64. The fraction of sp³-hybridized carbons (Fsp3) is 0.700. The molecule has 5 heteroatoms. The lowest BCUT2D eigenvalue weighted by Crippen LogP contribution is -2.31. The number of thiazole rings is 1. The maximum absolute atomic E-state index is 4.33. The quantitative estimate of drug-likeness (QED) is 0.851. The van der Waals surface area contributed by atoms with Gasteiger partial charge < -0.3 is 5.32 Å². The summed E-state index contributed by atoms with van der Waals surface area (Å²) in [5.74, 6) is 0. The van der Waals surface area contributed by atoms with Gasteiger partial charge in [0.15, 0.2) is 5.13 Å². The number of hydrogen-bond acceptors (Lipinski definition) is 4. The molecule has 1 rings (SSSR count). The van der Waals surface area contributed by atoms with Gasteiger partial charge in [-0.3, -0.25) is 0 Å². The van der Waals surface area contributed by atoms with Crippen molar-refractivity contribution in [3.05, 3.63) is 9.98 Å². The molecule has 0 aliphatic heterocycles. The number of halogens is 1. The molecule has 1 aromatic heterocycles. The van der Waals surface area contributed by atoms with Crippen LogP contribution in [0.15, 0.2) is 9.98 Å². The molecule has 0 radical (unpaired) electrons. The van der Waals surface area contributed by atoms with Crippen LogP contribution in [0.3, 0.4) is 0 Å². The SMILES string of the molecule is CCC(CC)(CNc1nc(Br)cs1)SC. The molecule has 0 spiro atoms. The van der Waals surface area contributed by atoms with Crippen LogP contribution in [0.5, 0.6) is 0 Å². The third-order valence-electron chi connectivity index (χ3n) is 2.76. The Labute approximate surface area is 108 Å². The van der Waals surface area contributed by atoms with Crippen molar-refractivity contribution in [1.82, 2.24) is 4.98 Å². The highest BCUT2D eigenvalue weighted by molar-refractivity contribution is 9.10. The van der Waals surface area contributed by atoms with Crippen LogP contribution in [0.1, 0.15) is 26.7 Å². The number of rotatable bonds is 6. The molecule has 0 aromatic carbocycles. The fourth-order valence-corrected chi connectivity index (χ4v) is 3.37. The molecule has 0 unspecified atom stereocenters. The second-order valence-electron chi connectivity index (χ2n) is 3.42. The summed E-state index contributed by atoms with van der Waals surface area (Å²) in [6, 6.07) is 0. The molecule has 1 N–H and O–H groups in total. The van der Waals surface area contributed by atoms with E-state index in [0.717, 1.165) is 16.3 Å². The summed E-state index contributed by atoms with van der Waals surface area (Å²) in [4.78, 5) is 4.33. The van der Waals surface area contributed by atoms with E-state index < -0.39 is 0 Å². The normalized spacial score (nSPS) is 11.7. The van der Waals surface area contributed by atoms with Crippen molar-refractivity contribution < 1.29 is 0 Å². The fourth-order valence-electron chi connectivity index (χ4n) is 1.43. The Hall–Kier alpha value is 0.260. The van der Waals surface area contributed by atoms with E-state index in [1.54, 1.807) is 11.3 Å². The van der Waals surface area contributed by atoms with Gasteiger partial charge >= 0.3 is 0 Å². The smallest absolute Gasteiger partial charge is 0.183 e. The minimum Gasteiger partial charge on any atom is -0.360 e. The van der Waals surface area contributed by atoms with Gasteiger partial charge in [-0.25, -0.2) is 4.98 Å². The van der Waals surface area contributed by atoms with E-state index in [9.17, 15) is 0 Å². The molecule has 0 bridgehead atoms. The van der Waals surface area contributed by atoms with Gasteiger partial charge in [0.05, 0.1) is 0 Å². The monoisotopic (exact) mass is 308 g/mol. The summed E-state index contributed by atoms with van der Waals surface area (Å²) in [5, 5.41) is 6.42. The predicted molar refractivity (Wildman–Crippen MR) is 75.1 cm³/mol. The van der Waals surface area contributed by atoms with Crippen LogP contribution in [0.25, 0.3) is 0 Å². The Kier molecular flexibility index (Phi) is 5.43. The highest BCUT2D eigenvalue weighted by atomic mass is 79.9. The minimum atomic E-state index is 0.345. The van der Waals surface area contributed by atoms with Gasteiger partial charge in [0.1, 0.15) is 4.60 Å². The van der Waals surface area contributed by atoms with Crippen molar-refractivity contribution >= 4 is 44.2 Å². The number of nitrogens with one attached hydrogen (secondary N) is 1. The molecule has 0 aliphatic carbocycles. The molecule has 0 amide bonds. The molecule has 1 aromatic rings. The third-order valence-corrected chi connectivity index (χ3v) is 5.86. The lowest BCUT2D eigenvalue weighted by Gasteiger charge is -2.29. The Morgan fingerprint density at radius 3 is 2.60 bits per heavy atom. The van der Waals surface area contributed by atoms with Crippen LogP contribution in [0, 0.1) is 0 Å². The first-order valence-corrected chi connectivity index (χ1v) is 7.95. The Balaban J connectivity index is 2.54. The lowest BCUT2D eigenvalue weighted by molar-refractivity contribution is 0.574. The molecule has 15 heavy (non-hydrogen) atoms. The number of nitrogens with zero attached hydrogens (tertiary/aromatic N) is 1. The summed E-state index contributed by atoms with van der Waals surface area (Å²) in [6.45, 7) is 5.49. The zero-order chi connectivity index (χ0) is 11.3. The van der Waals surface area contributed by atoms with Crippen LogP contribution in [-0.2, 0) is 0 Å². The van der Waals surface area contributed by atoms with Gasteiger partial charge in [-0.2, -0.15) is 11.8 Å². The van der Waals surface area contributed by atoms with E-state index in [1.165, 1.54) is 12.8 Å². The molecule has 86 valence electrons. The Morgan fingerprint density at radius 1 is 1.53 bits per heavy atom. The van der Waals surface area contributed by atoms with Gasteiger partial charge in [-0.15, -0.1) is 11.3 Å². The summed E-state index contributed by atoms with van der Waals surface area (Å²) >= 11 is 6.95. The maximum Gasteiger partial charge on any atom is 0.183 e. The first-order valence-electron chi connectivity index (χ1n) is 5.06. The molecule has 2 nitrogen and oxygen atoms in total. The molecular weight excluding hydrogens is 292 g/mol. The molecule has 0 fully saturated rings. The van der Waals surface area contributed by atoms with Crippen LogP contribution >= 0.6 is 39.0 Å². The molecule has 0 saturated carbocycles. The molecule has 0 atom stereocenters. The highest BCUT2D eigenvalue weighted by Gasteiger charge is 2.24. The molecule has 1 heterocycles. The van der Waals surface area contributed by atoms with Crippen molar-refractivity contribution in [2.24, 2.45) is 0 Å². The topological polar surface area (TPSA) is 24.9 Å². The van der Waals surface area contributed by atoms with Crippen LogP contribution in [0.2, 0.25) is 0 Å². The second kappa shape index (κ2) is 6.11. The van der Waals surface area contributed by atoms with E-state index in [0.29, 0.717) is 4.75 Å². The van der Waals surface area contributed by atoms with Crippen LogP contribution in [-0.4, -0.2) is 22.5 Å². The van der Waals surface area contributed by atoms with E-state index in [4.69, 9.17) is 0 Å². The number of anilines is 1. The van der Waals surface area contributed by atoms with Gasteiger partial charge in [0, 0.05) is 16.7 Å². The van der Waals surface area contributed by atoms with Gasteiger partial charge in [-0.05, 0) is 35.0 Å². The summed E-state index contributed by atoms with van der Waals surface area (Å²) in [6.07, 6.45) is 4.56. The predicted octanol–water partition coefficient (Wildman–Crippen LogP) is 4.24. The number of thioether (sulfide) groups is 1. The van der Waals surface area contributed by atoms with Crippen LogP contribution < -0.4 is 5.32 Å². The van der Waals surface area contributed by atoms with Gasteiger partial charge in [-0.1, -0.05) is 13.8 Å². The van der Waals surface area contributed by atoms with E-state index in [1.807, 2.05) is 17.1 Å². The second-order valence-corrected chi connectivity index (χ2v) is 6.37. The first kappa shape index (κ1) is 13.3. The molecular formula is C10H17BrN2S2. The number of hydrogen-bond donors (Lipinski definition) is 1. The Bertz CT molecular complexity index is 289. The van der Waals surface area contributed by atoms with E-state index in [-0.39, 0.29) is 0 Å². The van der Waals surface area contributed by atoms with Crippen molar-refractivity contribution in [1.29, 1.82) is 0 Å². The van der Waals surface area contributed by atoms with Crippen molar-refractivity contribution in [3.8, 4) is 0 Å². The summed E-state index contributed by atoms with van der Waals surface area (Å²) in [7, 11) is 0. The van der Waals surface area contributed by atoms with Crippen LogP contribution in [0.4, 0.5) is 5.13 Å². The zero-order valence-electron chi connectivity index (χ0n) is 9.34. The largest absolute Gasteiger partial charge is 0.360 e. The van der Waals surface area contributed by atoms with Crippen molar-refractivity contribution in [3.63, 3.8) is 0 Å². The average Bonchev–Trinajstić information content (AvgIpc) is 2.67. The first-order chi connectivity index (χ1) is 7.15. The summed E-state index contributed by atoms with van der Waals surface area (Å²) in [5.41, 5.74) is 0. The number of aromatic nitrogens is 1. The molecule has 0 aliphatic rings. The maximum atomic E-state index is 4.33. The Morgan fingerprint density at radius 2 is 2.20 bits per heavy atom. The average molecular weight is 309 g/mol. The highest BCUT2D eigenvalue weighted by Crippen LogP contribution is 2.31. The van der Waals surface area contributed by atoms with Crippen molar-refractivity contribution in [2.45, 2.75) is 31.4 Å². The lowest BCUT2D eigenvalue weighted by atomic mass is 10.0. The van der Waals surface area contributed by atoms with E-state index in [2.05, 4.69) is 46.3 Å². The standard InChI is InChI=1S/C10H17BrN2S2/c1-4-10(5-2,14-3)7-12-9-13-8(11)6-15-9/h6H,4-5,7H2,1-3H3,(H,12,13). The zero-order valence-corrected chi connectivity index (χ0v) is 12.6. The van der Waals surface area contributed by atoms with Gasteiger partial charge in [0.2, 0.25) is 0 Å². The minimum absolute atomic E-state index is 0.345. The van der Waals surface area contributed by atoms with Crippen molar-refractivity contribution in [2.75, 3.05) is 18.1 Å². The van der Waals surface area contributed by atoms with E-state index >= 15 is 0 Å². The summed E-state index contributed by atoms with van der Waals surface area (Å²) < 4.78 is 1.26. The molecule has 0 saturated heterocycles. The van der Waals surface area contributed by atoms with Gasteiger partial charge in [0.25, 0.3) is 0 Å².